The van der Waals surface area contributed by atoms with E-state index in [4.69, 9.17) is 4.74 Å². The normalized spacial score (nSPS) is 16.2. The van der Waals surface area contributed by atoms with E-state index in [2.05, 4.69) is 24.1 Å². The van der Waals surface area contributed by atoms with Crippen LogP contribution in [0.3, 0.4) is 0 Å². The van der Waals surface area contributed by atoms with E-state index in [9.17, 15) is 4.79 Å². The van der Waals surface area contributed by atoms with E-state index in [1.165, 1.54) is 43.4 Å². The minimum atomic E-state index is -0.000401. The summed E-state index contributed by atoms with van der Waals surface area (Å²) in [5.74, 6) is 0.369. The topological polar surface area (TPSA) is 51.2 Å². The number of ether oxygens (including phenoxy) is 1. The Morgan fingerprint density at radius 3 is 2.73 bits per heavy atom. The summed E-state index contributed by atoms with van der Waals surface area (Å²) in [6.45, 7) is 7.51. The molecule has 0 unspecified atom stereocenters. The Balaban J connectivity index is 1.67. The fourth-order valence-electron chi connectivity index (χ4n) is 2.71. The molecule has 0 aromatic carbocycles. The lowest BCUT2D eigenvalue weighted by atomic mass is 9.98. The van der Waals surface area contributed by atoms with Gasteiger partial charge in [-0.2, -0.15) is 0 Å². The van der Waals surface area contributed by atoms with Crippen molar-refractivity contribution in [3.8, 4) is 0 Å². The highest BCUT2D eigenvalue weighted by atomic mass is 32.1. The van der Waals surface area contributed by atoms with E-state index in [0.717, 1.165) is 28.6 Å². The van der Waals surface area contributed by atoms with Crippen molar-refractivity contribution in [2.24, 2.45) is 0 Å². The second-order valence-electron chi connectivity index (χ2n) is 6.36. The summed E-state index contributed by atoms with van der Waals surface area (Å²) in [6.07, 6.45) is 7.66. The second-order valence-corrected chi connectivity index (χ2v) is 7.39. The van der Waals surface area contributed by atoms with Crippen molar-refractivity contribution in [3.05, 3.63) is 15.6 Å². The van der Waals surface area contributed by atoms with E-state index in [0.29, 0.717) is 18.6 Å². The van der Waals surface area contributed by atoms with Gasteiger partial charge in [0.1, 0.15) is 4.88 Å². The number of nitrogens with zero attached hydrogens (tertiary/aromatic N) is 1. The number of amides is 1. The van der Waals surface area contributed by atoms with Gasteiger partial charge >= 0.3 is 0 Å². The highest BCUT2D eigenvalue weighted by Crippen LogP contribution is 2.24. The SMILES string of the molecule is Cc1nc(C(C)C)sc1C(=O)NCCCOC1CCCCC1. The number of nitrogens with one attached hydrogen (secondary N) is 1. The smallest absolute Gasteiger partial charge is 0.263 e. The number of thiazole rings is 1. The van der Waals surface area contributed by atoms with Gasteiger partial charge in [-0.15, -0.1) is 11.3 Å². The summed E-state index contributed by atoms with van der Waals surface area (Å²) in [7, 11) is 0. The fraction of sp³-hybridized carbons (Fsp3) is 0.765. The van der Waals surface area contributed by atoms with E-state index in [1.54, 1.807) is 0 Å². The van der Waals surface area contributed by atoms with E-state index >= 15 is 0 Å². The van der Waals surface area contributed by atoms with Gasteiger partial charge in [-0.3, -0.25) is 4.79 Å². The maximum Gasteiger partial charge on any atom is 0.263 e. The summed E-state index contributed by atoms with van der Waals surface area (Å²) >= 11 is 1.51. The zero-order valence-corrected chi connectivity index (χ0v) is 14.8. The summed E-state index contributed by atoms with van der Waals surface area (Å²) in [6, 6.07) is 0. The number of hydrogen-bond donors (Lipinski definition) is 1. The molecule has 0 spiro atoms. The molecule has 0 bridgehead atoms. The van der Waals surface area contributed by atoms with Crippen molar-refractivity contribution in [2.45, 2.75) is 71.3 Å². The average Bonchev–Trinajstić information content (AvgIpc) is 2.90. The molecule has 2 rings (SSSR count). The molecule has 0 radical (unpaired) electrons. The first-order chi connectivity index (χ1) is 10.6. The molecule has 1 amide bonds. The van der Waals surface area contributed by atoms with Crippen LogP contribution in [0, 0.1) is 6.92 Å². The van der Waals surface area contributed by atoms with Crippen molar-refractivity contribution in [1.29, 1.82) is 0 Å². The van der Waals surface area contributed by atoms with Gasteiger partial charge < -0.3 is 10.1 Å². The molecule has 22 heavy (non-hydrogen) atoms. The van der Waals surface area contributed by atoms with Crippen LogP contribution < -0.4 is 5.32 Å². The lowest BCUT2D eigenvalue weighted by molar-refractivity contribution is 0.0273. The Hall–Kier alpha value is -0.940. The van der Waals surface area contributed by atoms with Crippen LogP contribution in [0.4, 0.5) is 0 Å². The zero-order chi connectivity index (χ0) is 15.9. The van der Waals surface area contributed by atoms with Crippen LogP contribution in [0.2, 0.25) is 0 Å². The maximum absolute atomic E-state index is 12.2. The lowest BCUT2D eigenvalue weighted by Gasteiger charge is -2.21. The zero-order valence-electron chi connectivity index (χ0n) is 14.0. The third-order valence-electron chi connectivity index (χ3n) is 4.03. The van der Waals surface area contributed by atoms with Crippen LogP contribution in [-0.2, 0) is 4.74 Å². The van der Waals surface area contributed by atoms with E-state index in [-0.39, 0.29) is 5.91 Å². The number of carbonyl (C=O) groups excluding carboxylic acids is 1. The fourth-order valence-corrected chi connectivity index (χ4v) is 3.70. The average molecular weight is 324 g/mol. The molecular weight excluding hydrogens is 296 g/mol. The molecule has 1 fully saturated rings. The van der Waals surface area contributed by atoms with Gasteiger partial charge in [-0.1, -0.05) is 33.1 Å². The quantitative estimate of drug-likeness (QED) is 0.770. The molecule has 1 N–H and O–H groups in total. The Bertz CT molecular complexity index is 479. The molecule has 1 aromatic heterocycles. The number of rotatable bonds is 7. The first-order valence-corrected chi connectivity index (χ1v) is 9.26. The van der Waals surface area contributed by atoms with Gasteiger partial charge in [0.25, 0.3) is 5.91 Å². The van der Waals surface area contributed by atoms with Gasteiger partial charge in [-0.05, 0) is 26.2 Å². The molecule has 1 heterocycles. The molecule has 1 aromatic rings. The molecule has 1 aliphatic rings. The standard InChI is InChI=1S/C17H28N2O2S/c1-12(2)17-19-13(3)15(22-17)16(20)18-10-7-11-21-14-8-5-4-6-9-14/h12,14H,4-11H2,1-3H3,(H,18,20). The third kappa shape index (κ3) is 5.06. The van der Waals surface area contributed by atoms with Gasteiger partial charge in [0, 0.05) is 19.1 Å². The highest BCUT2D eigenvalue weighted by Gasteiger charge is 2.16. The van der Waals surface area contributed by atoms with Crippen molar-refractivity contribution < 1.29 is 9.53 Å². The largest absolute Gasteiger partial charge is 0.378 e. The van der Waals surface area contributed by atoms with Gasteiger partial charge in [0.15, 0.2) is 0 Å². The molecule has 0 saturated heterocycles. The lowest BCUT2D eigenvalue weighted by Crippen LogP contribution is -2.26. The minimum Gasteiger partial charge on any atom is -0.378 e. The molecule has 5 heteroatoms. The van der Waals surface area contributed by atoms with Crippen LogP contribution in [0.25, 0.3) is 0 Å². The Kier molecular flexibility index (Phi) is 6.83. The minimum absolute atomic E-state index is 0.000401. The second kappa shape index (κ2) is 8.63. The summed E-state index contributed by atoms with van der Waals surface area (Å²) in [4.78, 5) is 17.4. The first-order valence-electron chi connectivity index (χ1n) is 8.45. The molecule has 1 aliphatic carbocycles. The highest BCUT2D eigenvalue weighted by molar-refractivity contribution is 7.13. The molecule has 4 nitrogen and oxygen atoms in total. The Morgan fingerprint density at radius 2 is 2.09 bits per heavy atom. The van der Waals surface area contributed by atoms with Crippen molar-refractivity contribution in [2.75, 3.05) is 13.2 Å². The van der Waals surface area contributed by atoms with E-state index < -0.39 is 0 Å². The predicted molar refractivity (Wildman–Crippen MR) is 90.7 cm³/mol. The van der Waals surface area contributed by atoms with Crippen LogP contribution in [0.1, 0.15) is 78.7 Å². The first kappa shape index (κ1) is 17.4. The van der Waals surface area contributed by atoms with Crippen LogP contribution in [0.5, 0.6) is 0 Å². The van der Waals surface area contributed by atoms with Crippen molar-refractivity contribution >= 4 is 17.2 Å². The van der Waals surface area contributed by atoms with E-state index in [1.807, 2.05) is 6.92 Å². The Labute approximate surface area is 137 Å². The molecule has 124 valence electrons. The molecule has 1 saturated carbocycles. The van der Waals surface area contributed by atoms with Crippen LogP contribution >= 0.6 is 11.3 Å². The van der Waals surface area contributed by atoms with Gasteiger partial charge in [0.2, 0.25) is 0 Å². The Morgan fingerprint density at radius 1 is 1.36 bits per heavy atom. The van der Waals surface area contributed by atoms with Crippen LogP contribution in [-0.4, -0.2) is 30.1 Å². The number of aryl methyl sites for hydroxylation is 1. The number of hydrogen-bond acceptors (Lipinski definition) is 4. The monoisotopic (exact) mass is 324 g/mol. The van der Waals surface area contributed by atoms with Gasteiger partial charge in [0.05, 0.1) is 16.8 Å². The van der Waals surface area contributed by atoms with Crippen molar-refractivity contribution in [1.82, 2.24) is 10.3 Å². The van der Waals surface area contributed by atoms with Gasteiger partial charge in [-0.25, -0.2) is 4.98 Å². The molecular formula is C17H28N2O2S. The number of aromatic nitrogens is 1. The summed E-state index contributed by atoms with van der Waals surface area (Å²) in [5, 5.41) is 4.01. The van der Waals surface area contributed by atoms with Crippen LogP contribution in [0.15, 0.2) is 0 Å². The summed E-state index contributed by atoms with van der Waals surface area (Å²) in [5.41, 5.74) is 0.838. The van der Waals surface area contributed by atoms with Crippen molar-refractivity contribution in [3.63, 3.8) is 0 Å². The maximum atomic E-state index is 12.2. The third-order valence-corrected chi connectivity index (χ3v) is 5.48. The molecule has 0 aliphatic heterocycles. The summed E-state index contributed by atoms with van der Waals surface area (Å²) < 4.78 is 5.87. The predicted octanol–water partition coefficient (Wildman–Crippen LogP) is 4.04. The molecule has 0 atom stereocenters. The number of carbonyl (C=O) groups is 1.